The van der Waals surface area contributed by atoms with Gasteiger partial charge in [0.25, 0.3) is 11.8 Å². The molecule has 0 unspecified atom stereocenters. The molecule has 1 aliphatic heterocycles. The molecule has 0 spiro atoms. The molecule has 7 nitrogen and oxygen atoms in total. The van der Waals surface area contributed by atoms with E-state index in [4.69, 9.17) is 5.10 Å². The first-order valence-electron chi connectivity index (χ1n) is 11.4. The highest BCUT2D eigenvalue weighted by Crippen LogP contribution is 2.31. The molecule has 174 valence electrons. The molecule has 2 aromatic heterocycles. The number of aromatic nitrogens is 3. The summed E-state index contributed by atoms with van der Waals surface area (Å²) in [5, 5.41) is 14.5. The number of carbonyl (C=O) groups excluding carboxylic acids is 2. The van der Waals surface area contributed by atoms with Crippen LogP contribution in [0.2, 0.25) is 0 Å². The largest absolute Gasteiger partial charge is 0.271 e. The zero-order chi connectivity index (χ0) is 25.1. The number of carbonyl (C=O) groups is 2. The standard InChI is InChI=1S/C29H21N5O2/c1-20-25(28(35)33(29(36)26(20)16-30)18-21-9-8-14-31-17-21)15-23-19-34(24-12-6-3-7-13-24)32-27(23)22-10-4-2-5-11-22/h2-15,17,19H,18H2,1H3/b25-15-. The Balaban J connectivity index is 1.65. The summed E-state index contributed by atoms with van der Waals surface area (Å²) in [6.45, 7) is 1.65. The molecule has 5 rings (SSSR count). The van der Waals surface area contributed by atoms with E-state index in [0.29, 0.717) is 22.4 Å². The van der Waals surface area contributed by atoms with Crippen molar-refractivity contribution in [2.75, 3.05) is 0 Å². The number of rotatable bonds is 5. The normalized spacial score (nSPS) is 14.9. The van der Waals surface area contributed by atoms with Crippen LogP contribution in [-0.2, 0) is 16.1 Å². The summed E-state index contributed by atoms with van der Waals surface area (Å²) in [4.78, 5) is 31.8. The van der Waals surface area contributed by atoms with Crippen LogP contribution in [0.15, 0.2) is 108 Å². The zero-order valence-corrected chi connectivity index (χ0v) is 19.5. The minimum Gasteiger partial charge on any atom is -0.269 e. The van der Waals surface area contributed by atoms with Crippen molar-refractivity contribution in [3.05, 3.63) is 119 Å². The van der Waals surface area contributed by atoms with Gasteiger partial charge in [-0.3, -0.25) is 19.5 Å². The molecule has 0 saturated carbocycles. The summed E-state index contributed by atoms with van der Waals surface area (Å²) in [5.74, 6) is -1.07. The van der Waals surface area contributed by atoms with Gasteiger partial charge in [-0.25, -0.2) is 4.68 Å². The minimum atomic E-state index is -0.607. The van der Waals surface area contributed by atoms with E-state index in [-0.39, 0.29) is 17.7 Å². The Morgan fingerprint density at radius 3 is 2.33 bits per heavy atom. The van der Waals surface area contributed by atoms with Crippen LogP contribution in [0.1, 0.15) is 18.1 Å². The van der Waals surface area contributed by atoms with Crippen molar-refractivity contribution in [2.24, 2.45) is 0 Å². The maximum Gasteiger partial charge on any atom is 0.271 e. The summed E-state index contributed by atoms with van der Waals surface area (Å²) < 4.78 is 1.75. The highest BCUT2D eigenvalue weighted by atomic mass is 16.2. The summed E-state index contributed by atoms with van der Waals surface area (Å²) in [5.41, 5.74) is 4.39. The summed E-state index contributed by atoms with van der Waals surface area (Å²) in [6.07, 6.45) is 6.78. The molecule has 4 aromatic rings. The Morgan fingerprint density at radius 2 is 1.67 bits per heavy atom. The van der Waals surface area contributed by atoms with E-state index >= 15 is 0 Å². The van der Waals surface area contributed by atoms with Gasteiger partial charge >= 0.3 is 0 Å². The van der Waals surface area contributed by atoms with Crippen LogP contribution in [0, 0.1) is 11.3 Å². The third kappa shape index (κ3) is 4.24. The fourth-order valence-corrected chi connectivity index (χ4v) is 4.13. The number of para-hydroxylation sites is 1. The molecule has 0 atom stereocenters. The zero-order valence-electron chi connectivity index (χ0n) is 19.5. The maximum absolute atomic E-state index is 13.6. The van der Waals surface area contributed by atoms with Crippen molar-refractivity contribution in [3.8, 4) is 23.0 Å². The maximum atomic E-state index is 13.6. The predicted molar refractivity (Wildman–Crippen MR) is 135 cm³/mol. The lowest BCUT2D eigenvalue weighted by Crippen LogP contribution is -2.42. The van der Waals surface area contributed by atoms with Crippen LogP contribution in [0.25, 0.3) is 23.0 Å². The SMILES string of the molecule is CC1=C(C#N)C(=O)N(Cc2cccnc2)C(=O)/C1=C\c1cn(-c2ccccc2)nc1-c1ccccc1. The summed E-state index contributed by atoms with van der Waals surface area (Å²) >= 11 is 0. The van der Waals surface area contributed by atoms with E-state index in [2.05, 4.69) is 4.98 Å². The minimum absolute atomic E-state index is 0.0239. The molecule has 3 heterocycles. The third-order valence-electron chi connectivity index (χ3n) is 6.00. The second kappa shape index (κ2) is 9.65. The van der Waals surface area contributed by atoms with Gasteiger partial charge in [-0.15, -0.1) is 0 Å². The van der Waals surface area contributed by atoms with Gasteiger partial charge in [0.05, 0.1) is 17.9 Å². The van der Waals surface area contributed by atoms with Gasteiger partial charge in [-0.05, 0) is 42.3 Å². The highest BCUT2D eigenvalue weighted by Gasteiger charge is 2.35. The Hall–Kier alpha value is -5.09. The van der Waals surface area contributed by atoms with Crippen molar-refractivity contribution in [3.63, 3.8) is 0 Å². The van der Waals surface area contributed by atoms with E-state index in [1.807, 2.05) is 72.9 Å². The van der Waals surface area contributed by atoms with Crippen LogP contribution < -0.4 is 0 Å². The van der Waals surface area contributed by atoms with Gasteiger partial charge in [-0.2, -0.15) is 10.4 Å². The fraction of sp³-hybridized carbons (Fsp3) is 0.0690. The average molecular weight is 472 g/mol. The number of amides is 2. The first-order valence-corrected chi connectivity index (χ1v) is 11.4. The molecule has 0 N–H and O–H groups in total. The van der Waals surface area contributed by atoms with Crippen molar-refractivity contribution >= 4 is 17.9 Å². The predicted octanol–water partition coefficient (Wildman–Crippen LogP) is 4.73. The lowest BCUT2D eigenvalue weighted by Gasteiger charge is -2.27. The summed E-state index contributed by atoms with van der Waals surface area (Å²) in [7, 11) is 0. The molecule has 36 heavy (non-hydrogen) atoms. The molecule has 7 heteroatoms. The highest BCUT2D eigenvalue weighted by molar-refractivity contribution is 6.19. The first kappa shape index (κ1) is 22.7. The molecule has 0 fully saturated rings. The number of nitrogens with zero attached hydrogens (tertiary/aromatic N) is 5. The molecular weight excluding hydrogens is 450 g/mol. The number of imide groups is 1. The van der Waals surface area contributed by atoms with Gasteiger partial charge in [0.1, 0.15) is 11.6 Å². The lowest BCUT2D eigenvalue weighted by molar-refractivity contribution is -0.141. The Kier molecular flexibility index (Phi) is 6.08. The van der Waals surface area contributed by atoms with Crippen LogP contribution in [-0.4, -0.2) is 31.5 Å². The number of benzene rings is 2. The number of hydrogen-bond acceptors (Lipinski definition) is 5. The van der Waals surface area contributed by atoms with E-state index in [9.17, 15) is 14.9 Å². The van der Waals surface area contributed by atoms with E-state index in [0.717, 1.165) is 16.2 Å². The van der Waals surface area contributed by atoms with Gasteiger partial charge in [0.15, 0.2) is 0 Å². The molecule has 0 radical (unpaired) electrons. The summed E-state index contributed by atoms with van der Waals surface area (Å²) in [6, 6.07) is 24.8. The second-order valence-corrected chi connectivity index (χ2v) is 8.31. The van der Waals surface area contributed by atoms with E-state index in [1.54, 1.807) is 42.2 Å². The Labute approximate surface area is 208 Å². The molecule has 1 aliphatic rings. The van der Waals surface area contributed by atoms with Crippen molar-refractivity contribution < 1.29 is 9.59 Å². The lowest BCUT2D eigenvalue weighted by atomic mass is 9.93. The number of hydrogen-bond donors (Lipinski definition) is 0. The van der Waals surface area contributed by atoms with Crippen molar-refractivity contribution in [2.45, 2.75) is 13.5 Å². The van der Waals surface area contributed by atoms with E-state index < -0.39 is 11.8 Å². The number of nitriles is 1. The Bertz CT molecular complexity index is 1550. The van der Waals surface area contributed by atoms with Crippen LogP contribution in [0.3, 0.4) is 0 Å². The van der Waals surface area contributed by atoms with Crippen molar-refractivity contribution in [1.29, 1.82) is 5.26 Å². The van der Waals surface area contributed by atoms with Gasteiger partial charge in [-0.1, -0.05) is 54.6 Å². The molecule has 0 saturated heterocycles. The molecular formula is C29H21N5O2. The topological polar surface area (TPSA) is 91.9 Å². The monoisotopic (exact) mass is 471 g/mol. The van der Waals surface area contributed by atoms with Crippen LogP contribution in [0.5, 0.6) is 0 Å². The fourth-order valence-electron chi connectivity index (χ4n) is 4.13. The first-order chi connectivity index (χ1) is 17.6. The molecule has 0 aliphatic carbocycles. The van der Waals surface area contributed by atoms with Crippen LogP contribution in [0.4, 0.5) is 0 Å². The quantitative estimate of drug-likeness (QED) is 0.310. The molecule has 0 bridgehead atoms. The third-order valence-corrected chi connectivity index (χ3v) is 6.00. The van der Waals surface area contributed by atoms with Gasteiger partial charge < -0.3 is 0 Å². The van der Waals surface area contributed by atoms with E-state index in [1.165, 1.54) is 0 Å². The van der Waals surface area contributed by atoms with Crippen molar-refractivity contribution in [1.82, 2.24) is 19.7 Å². The number of pyridine rings is 1. The van der Waals surface area contributed by atoms with Gasteiger partial charge in [0.2, 0.25) is 0 Å². The molecule has 2 aromatic carbocycles. The van der Waals surface area contributed by atoms with Crippen LogP contribution >= 0.6 is 0 Å². The van der Waals surface area contributed by atoms with Gasteiger partial charge in [0, 0.05) is 35.3 Å². The molecule has 2 amide bonds. The average Bonchev–Trinajstić information content (AvgIpc) is 3.35. The second-order valence-electron chi connectivity index (χ2n) is 8.31. The smallest absolute Gasteiger partial charge is 0.269 e. The Morgan fingerprint density at radius 1 is 0.944 bits per heavy atom.